The largest absolute Gasteiger partial charge is 1.00 e. The van der Waals surface area contributed by atoms with E-state index >= 15 is 0 Å². The average molecular weight is 233 g/mol. The van der Waals surface area contributed by atoms with E-state index in [1.54, 1.807) is 0 Å². The maximum Gasteiger partial charge on any atom is 1.00 e. The van der Waals surface area contributed by atoms with Gasteiger partial charge in [0.2, 0.25) is 0 Å². The van der Waals surface area contributed by atoms with Crippen molar-refractivity contribution < 1.29 is 92.1 Å². The first-order valence-electron chi connectivity index (χ1n) is 1.11. The van der Waals surface area contributed by atoms with Crippen LogP contribution in [0.1, 0.15) is 1.43 Å². The molecule has 1 radical (unpaired) electrons. The van der Waals surface area contributed by atoms with Crippen LogP contribution in [-0.4, -0.2) is 22.2 Å². The van der Waals surface area contributed by atoms with Gasteiger partial charge in [0.1, 0.15) is 0 Å². The molecule has 4 nitrogen and oxygen atoms in total. The van der Waals surface area contributed by atoms with E-state index < -0.39 is 11.9 Å². The topological polar surface area (TPSA) is 74.6 Å². The summed E-state index contributed by atoms with van der Waals surface area (Å²) in [6.07, 6.45) is 0. The van der Waals surface area contributed by atoms with Gasteiger partial charge in [-0.15, -0.1) is 0 Å². The van der Waals surface area contributed by atoms with Gasteiger partial charge in [-0.2, -0.15) is 0 Å². The molecule has 0 bridgehead atoms. The molecule has 0 amide bonds. The second-order valence-corrected chi connectivity index (χ2v) is 0.610. The molecule has 0 atom stereocenters. The molecule has 0 fully saturated rings. The van der Waals surface area contributed by atoms with Crippen molar-refractivity contribution in [3.05, 3.63) is 0 Å². The number of carbonyl (C=O) groups is 2. The summed E-state index contributed by atoms with van der Waals surface area (Å²) in [4.78, 5) is 18.2. The number of hydrogen-bond donors (Lipinski definition) is 2. The molecule has 0 heterocycles. The Morgan fingerprint density at radius 2 is 1.25 bits per heavy atom. The van der Waals surface area contributed by atoms with E-state index in [9.17, 15) is 0 Å². The molecule has 6 heteroatoms. The minimum absolute atomic E-state index is 0. The molecule has 0 aliphatic rings. The van der Waals surface area contributed by atoms with Gasteiger partial charge in [-0.05, 0) is 0 Å². The fourth-order valence-electron chi connectivity index (χ4n) is 0. The van der Waals surface area contributed by atoms with E-state index in [4.69, 9.17) is 19.8 Å². The molecule has 0 aromatic rings. The summed E-state index contributed by atoms with van der Waals surface area (Å²) in [5.74, 6) is -3.65. The Morgan fingerprint density at radius 3 is 1.25 bits per heavy atom. The fourth-order valence-corrected chi connectivity index (χ4v) is 0. The molecule has 0 spiro atoms. The molecule has 2 N–H and O–H groups in total. The van der Waals surface area contributed by atoms with Crippen LogP contribution in [0.3, 0.4) is 0 Å². The Hall–Kier alpha value is 1.20. The number of aliphatic carboxylic acids is 2. The Balaban J connectivity index is -0.0000000417. The van der Waals surface area contributed by atoms with Gasteiger partial charge in [0.15, 0.2) is 0 Å². The van der Waals surface area contributed by atoms with E-state index in [0.29, 0.717) is 0 Å². The molecule has 0 saturated carbocycles. The summed E-state index contributed by atoms with van der Waals surface area (Å²) < 4.78 is 0. The predicted octanol–water partition coefficient (Wildman–Crippen LogP) is -3.73. The molecular weight excluding hydrogens is 230 g/mol. The number of carboxylic acids is 2. The van der Waals surface area contributed by atoms with Crippen molar-refractivity contribution in [3.8, 4) is 0 Å². The summed E-state index contributed by atoms with van der Waals surface area (Å²) in [7, 11) is 0. The minimum Gasteiger partial charge on any atom is -1.00 e. The Morgan fingerprint density at radius 1 is 1.12 bits per heavy atom. The molecule has 0 saturated heterocycles. The van der Waals surface area contributed by atoms with Crippen LogP contribution >= 0.6 is 0 Å². The first-order chi connectivity index (χ1) is 2.64. The summed E-state index contributed by atoms with van der Waals surface area (Å²) in [5.41, 5.74) is 0. The van der Waals surface area contributed by atoms with Crippen LogP contribution in [0.25, 0.3) is 0 Å². The maximum atomic E-state index is 9.10. The quantitative estimate of drug-likeness (QED) is 0.333. The average Bonchev–Trinajstić information content (AvgIpc) is 1.36. The second-order valence-electron chi connectivity index (χ2n) is 0.610. The van der Waals surface area contributed by atoms with Gasteiger partial charge in [-0.3, -0.25) is 0 Å². The van der Waals surface area contributed by atoms with E-state index in [-0.39, 0.29) is 72.3 Å². The fraction of sp³-hybridized carbons (Fsp3) is 0. The monoisotopic (exact) mass is 233 g/mol. The minimum atomic E-state index is -1.82. The summed E-state index contributed by atoms with van der Waals surface area (Å²) in [6.45, 7) is 0. The third-order valence-corrected chi connectivity index (χ3v) is 0.183. The van der Waals surface area contributed by atoms with Crippen LogP contribution in [0, 0.1) is 0 Å². The van der Waals surface area contributed by atoms with E-state index in [2.05, 4.69) is 0 Å². The van der Waals surface area contributed by atoms with Gasteiger partial charge < -0.3 is 11.6 Å². The van der Waals surface area contributed by atoms with E-state index in [1.807, 2.05) is 0 Å². The van der Waals surface area contributed by atoms with Crippen molar-refractivity contribution in [3.63, 3.8) is 0 Å². The number of hydrogen-bond acceptors (Lipinski definition) is 2. The first-order valence-corrected chi connectivity index (χ1v) is 1.11. The zero-order chi connectivity index (χ0) is 5.15. The third kappa shape index (κ3) is 10.2. The predicted molar refractivity (Wildman–Crippen MR) is 16.4 cm³/mol. The van der Waals surface area contributed by atoms with Crippen molar-refractivity contribution >= 4 is 11.9 Å². The smallest absolute Gasteiger partial charge is 1.00 e. The molecule has 0 aliphatic heterocycles. The molecule has 8 heavy (non-hydrogen) atoms. The van der Waals surface area contributed by atoms with Gasteiger partial charge in [-0.25, -0.2) is 9.59 Å². The van der Waals surface area contributed by atoms with Crippen molar-refractivity contribution in [1.29, 1.82) is 0 Å². The summed E-state index contributed by atoms with van der Waals surface area (Å²) in [6, 6.07) is 0. The molecule has 0 rings (SSSR count). The zero-order valence-corrected chi connectivity index (χ0v) is 8.81. The van der Waals surface area contributed by atoms with Gasteiger partial charge in [-0.1, -0.05) is 0 Å². The van der Waals surface area contributed by atoms with Crippen LogP contribution in [0.15, 0.2) is 0 Å². The summed E-state index contributed by atoms with van der Waals surface area (Å²) >= 11 is 0. The molecule has 0 aromatic heterocycles. The molecule has 0 unspecified atom stereocenters. The van der Waals surface area contributed by atoms with E-state index in [0.717, 1.165) is 0 Å². The Bertz CT molecular complexity index is 84.6. The van der Waals surface area contributed by atoms with Crippen LogP contribution in [0.2, 0.25) is 0 Å². The van der Waals surface area contributed by atoms with Crippen molar-refractivity contribution in [2.24, 2.45) is 0 Å². The van der Waals surface area contributed by atoms with Gasteiger partial charge in [0, 0.05) is 19.5 Å². The van der Waals surface area contributed by atoms with Gasteiger partial charge in [0.05, 0.1) is 0 Å². The standard InChI is InChI=1S/C2H2O4.K.Rh.H/c3-1(4)2(5)6;;;/h(H,3,4)(H,5,6);;;/q;+1;;-1. The summed E-state index contributed by atoms with van der Waals surface area (Å²) in [5, 5.41) is 14.8. The van der Waals surface area contributed by atoms with Crippen LogP contribution < -0.4 is 51.4 Å². The van der Waals surface area contributed by atoms with Gasteiger partial charge in [0.25, 0.3) is 0 Å². The first kappa shape index (κ1) is 16.1. The third-order valence-electron chi connectivity index (χ3n) is 0.183. The van der Waals surface area contributed by atoms with E-state index in [1.165, 1.54) is 0 Å². The zero-order valence-electron chi connectivity index (χ0n) is 5.04. The van der Waals surface area contributed by atoms with Crippen LogP contribution in [-0.2, 0) is 29.1 Å². The number of rotatable bonds is 0. The van der Waals surface area contributed by atoms with Crippen LogP contribution in [0.4, 0.5) is 0 Å². The van der Waals surface area contributed by atoms with Gasteiger partial charge >= 0.3 is 63.3 Å². The van der Waals surface area contributed by atoms with Crippen molar-refractivity contribution in [1.82, 2.24) is 0 Å². The maximum absolute atomic E-state index is 9.10. The van der Waals surface area contributed by atoms with Crippen molar-refractivity contribution in [2.75, 3.05) is 0 Å². The molecule has 45 valence electrons. The molecule has 0 aromatic carbocycles. The van der Waals surface area contributed by atoms with Crippen molar-refractivity contribution in [2.45, 2.75) is 0 Å². The Labute approximate surface area is 102 Å². The Kier molecular flexibility index (Phi) is 16.5. The van der Waals surface area contributed by atoms with Crippen LogP contribution in [0.5, 0.6) is 0 Å². The number of carboxylic acid groups (broad SMARTS) is 2. The normalized spacial score (nSPS) is 5.50. The molecular formula is C2H3KO4Rh. The molecule has 0 aliphatic carbocycles. The SMILES string of the molecule is O=C(O)C(=O)O.[H-].[K+].[Rh]. The second kappa shape index (κ2) is 8.20.